The van der Waals surface area contributed by atoms with Gasteiger partial charge in [-0.15, -0.1) is 0 Å². The fourth-order valence-corrected chi connectivity index (χ4v) is 1.66. The molecule has 1 aliphatic rings. The molecule has 0 amide bonds. The van der Waals surface area contributed by atoms with Gasteiger partial charge in [-0.05, 0) is 30.5 Å². The van der Waals surface area contributed by atoms with Crippen LogP contribution in [0.4, 0.5) is 0 Å². The fraction of sp³-hybridized carbons (Fsp3) is 0.357. The minimum atomic E-state index is -0.210. The summed E-state index contributed by atoms with van der Waals surface area (Å²) in [5, 5.41) is 0. The van der Waals surface area contributed by atoms with Crippen molar-refractivity contribution in [2.45, 2.75) is 6.92 Å². The van der Waals surface area contributed by atoms with Crippen LogP contribution in [-0.4, -0.2) is 38.0 Å². The average molecular weight is 245 g/mol. The van der Waals surface area contributed by atoms with Gasteiger partial charge in [0.05, 0.1) is 0 Å². The van der Waals surface area contributed by atoms with Crippen LogP contribution < -0.4 is 9.47 Å². The van der Waals surface area contributed by atoms with Crippen molar-refractivity contribution >= 4 is 5.78 Å². The molecule has 4 heteroatoms. The Balaban J connectivity index is 2.34. The molecule has 1 aromatic rings. The van der Waals surface area contributed by atoms with Gasteiger partial charge in [0.15, 0.2) is 11.5 Å². The number of fused-ring (bicyclic) bond motifs is 1. The van der Waals surface area contributed by atoms with Crippen LogP contribution in [0.3, 0.4) is 0 Å². The van der Waals surface area contributed by atoms with Crippen LogP contribution in [0, 0.1) is 18.9 Å². The Labute approximate surface area is 106 Å². The summed E-state index contributed by atoms with van der Waals surface area (Å²) in [6.07, 6.45) is 0. The molecule has 1 aromatic carbocycles. The second kappa shape index (κ2) is 5.01. The van der Waals surface area contributed by atoms with Crippen LogP contribution >= 0.6 is 0 Å². The van der Waals surface area contributed by atoms with E-state index in [0.717, 1.165) is 5.56 Å². The van der Waals surface area contributed by atoms with E-state index in [1.54, 1.807) is 25.1 Å². The van der Waals surface area contributed by atoms with Crippen molar-refractivity contribution in [3.05, 3.63) is 23.3 Å². The molecule has 0 saturated carbocycles. The first-order valence-corrected chi connectivity index (χ1v) is 5.71. The molecule has 0 N–H and O–H groups in total. The predicted molar refractivity (Wildman–Crippen MR) is 68.0 cm³/mol. The van der Waals surface area contributed by atoms with Gasteiger partial charge in [0.1, 0.15) is 13.2 Å². The number of hydrogen-bond donors (Lipinski definition) is 0. The van der Waals surface area contributed by atoms with Crippen LogP contribution in [0.5, 0.6) is 11.5 Å². The number of carbonyl (C=O) groups excluding carboxylic acids is 1. The maximum absolute atomic E-state index is 12.0. The summed E-state index contributed by atoms with van der Waals surface area (Å²) in [5.41, 5.74) is 1.41. The number of rotatable bonds is 1. The number of ether oxygens (including phenoxy) is 2. The highest BCUT2D eigenvalue weighted by atomic mass is 16.6. The molecule has 1 aliphatic heterocycles. The lowest BCUT2D eigenvalue weighted by molar-refractivity contribution is 0.105. The molecular formula is C14H15NO3. The van der Waals surface area contributed by atoms with E-state index < -0.39 is 0 Å². The Kier molecular flexibility index (Phi) is 3.42. The summed E-state index contributed by atoms with van der Waals surface area (Å²) in [5.74, 6) is 3.68. The lowest BCUT2D eigenvalue weighted by atomic mass is 10.0. The smallest absolute Gasteiger partial charge is 0.238 e. The van der Waals surface area contributed by atoms with Crippen LogP contribution in [-0.2, 0) is 0 Å². The first-order chi connectivity index (χ1) is 8.58. The summed E-state index contributed by atoms with van der Waals surface area (Å²) in [4.78, 5) is 13.6. The third-order valence-electron chi connectivity index (χ3n) is 2.53. The average Bonchev–Trinajstić information content (AvgIpc) is 2.35. The highest BCUT2D eigenvalue weighted by molar-refractivity contribution is 6.10. The van der Waals surface area contributed by atoms with Crippen LogP contribution in [0.2, 0.25) is 0 Å². The standard InChI is InChI=1S/C14H15NO3/c1-10-8-13-14(18-7-6-17-13)9-11(10)12(16)4-5-15(2)3/h8-9H,6-7H2,1-3H3. The molecule has 0 atom stereocenters. The molecule has 1 heterocycles. The van der Waals surface area contributed by atoms with Gasteiger partial charge >= 0.3 is 0 Å². The number of aryl methyl sites for hydroxylation is 1. The molecular weight excluding hydrogens is 230 g/mol. The van der Waals surface area contributed by atoms with Crippen LogP contribution in [0.1, 0.15) is 15.9 Å². The second-order valence-corrected chi connectivity index (χ2v) is 4.27. The zero-order valence-electron chi connectivity index (χ0n) is 10.7. The largest absolute Gasteiger partial charge is 0.486 e. The molecule has 0 fully saturated rings. The highest BCUT2D eigenvalue weighted by Gasteiger charge is 2.16. The maximum atomic E-state index is 12.0. The van der Waals surface area contributed by atoms with E-state index in [4.69, 9.17) is 9.47 Å². The first-order valence-electron chi connectivity index (χ1n) is 5.71. The molecule has 4 nitrogen and oxygen atoms in total. The summed E-state index contributed by atoms with van der Waals surface area (Å²) in [6.45, 7) is 2.91. The van der Waals surface area contributed by atoms with Gasteiger partial charge in [-0.25, -0.2) is 0 Å². The molecule has 0 aliphatic carbocycles. The number of carbonyl (C=O) groups is 1. The number of benzene rings is 1. The normalized spacial score (nSPS) is 12.4. The Hall–Kier alpha value is -2.15. The second-order valence-electron chi connectivity index (χ2n) is 4.27. The topological polar surface area (TPSA) is 38.8 Å². The molecule has 18 heavy (non-hydrogen) atoms. The molecule has 2 rings (SSSR count). The van der Waals surface area contributed by atoms with Gasteiger partial charge in [-0.3, -0.25) is 4.79 Å². The van der Waals surface area contributed by atoms with Gasteiger partial charge in [-0.1, -0.05) is 0 Å². The van der Waals surface area contributed by atoms with E-state index in [1.807, 2.05) is 13.0 Å². The molecule has 94 valence electrons. The zero-order chi connectivity index (χ0) is 13.1. The summed E-state index contributed by atoms with van der Waals surface area (Å²) < 4.78 is 10.9. The van der Waals surface area contributed by atoms with Gasteiger partial charge in [-0.2, -0.15) is 0 Å². The Morgan fingerprint density at radius 2 is 1.83 bits per heavy atom. The lowest BCUT2D eigenvalue weighted by Crippen LogP contribution is -2.16. The predicted octanol–water partition coefficient (Wildman–Crippen LogP) is 1.47. The van der Waals surface area contributed by atoms with Crippen molar-refractivity contribution in [3.63, 3.8) is 0 Å². The summed E-state index contributed by atoms with van der Waals surface area (Å²) in [7, 11) is 3.58. The monoisotopic (exact) mass is 245 g/mol. The van der Waals surface area contributed by atoms with E-state index in [-0.39, 0.29) is 5.78 Å². The van der Waals surface area contributed by atoms with E-state index in [1.165, 1.54) is 0 Å². The molecule has 0 spiro atoms. The lowest BCUT2D eigenvalue weighted by Gasteiger charge is -2.19. The van der Waals surface area contributed by atoms with E-state index >= 15 is 0 Å². The molecule has 0 bridgehead atoms. The number of nitrogens with zero attached hydrogens (tertiary/aromatic N) is 1. The third kappa shape index (κ3) is 2.57. The number of hydrogen-bond acceptors (Lipinski definition) is 4. The van der Waals surface area contributed by atoms with E-state index in [9.17, 15) is 4.79 Å². The van der Waals surface area contributed by atoms with Crippen LogP contribution in [0.15, 0.2) is 12.1 Å². The third-order valence-corrected chi connectivity index (χ3v) is 2.53. The minimum absolute atomic E-state index is 0.210. The SMILES string of the molecule is Cc1cc2c(cc1C(=O)C#CN(C)C)OCCO2. The van der Waals surface area contributed by atoms with Gasteiger partial charge < -0.3 is 14.4 Å². The number of ketones is 1. The van der Waals surface area contributed by atoms with E-state index in [0.29, 0.717) is 30.3 Å². The van der Waals surface area contributed by atoms with Crippen molar-refractivity contribution in [1.29, 1.82) is 0 Å². The highest BCUT2D eigenvalue weighted by Crippen LogP contribution is 2.33. The van der Waals surface area contributed by atoms with E-state index in [2.05, 4.69) is 12.0 Å². The summed E-state index contributed by atoms with van der Waals surface area (Å²) >= 11 is 0. The Bertz CT molecular complexity index is 538. The van der Waals surface area contributed by atoms with Crippen molar-refractivity contribution in [1.82, 2.24) is 4.90 Å². The quantitative estimate of drug-likeness (QED) is 0.427. The van der Waals surface area contributed by atoms with Gasteiger partial charge in [0, 0.05) is 25.7 Å². The molecule has 0 aromatic heterocycles. The van der Waals surface area contributed by atoms with Crippen molar-refractivity contribution in [3.8, 4) is 23.5 Å². The molecule has 0 saturated heterocycles. The van der Waals surface area contributed by atoms with Crippen molar-refractivity contribution in [2.24, 2.45) is 0 Å². The number of Topliss-reactive ketones (excluding diaryl/α,β-unsaturated/α-hetero) is 1. The molecule has 0 radical (unpaired) electrons. The van der Waals surface area contributed by atoms with Crippen molar-refractivity contribution < 1.29 is 14.3 Å². The first kappa shape index (κ1) is 12.3. The van der Waals surface area contributed by atoms with Gasteiger partial charge in [0.2, 0.25) is 5.78 Å². The van der Waals surface area contributed by atoms with Gasteiger partial charge in [0.25, 0.3) is 0 Å². The molecule has 0 unspecified atom stereocenters. The Morgan fingerprint density at radius 1 is 1.22 bits per heavy atom. The zero-order valence-corrected chi connectivity index (χ0v) is 10.7. The Morgan fingerprint density at radius 3 is 2.44 bits per heavy atom. The van der Waals surface area contributed by atoms with Crippen molar-refractivity contribution in [2.75, 3.05) is 27.3 Å². The summed E-state index contributed by atoms with van der Waals surface area (Å²) in [6, 6.07) is 6.24. The maximum Gasteiger partial charge on any atom is 0.238 e. The minimum Gasteiger partial charge on any atom is -0.486 e. The fourth-order valence-electron chi connectivity index (χ4n) is 1.66. The van der Waals surface area contributed by atoms with Crippen LogP contribution in [0.25, 0.3) is 0 Å².